The molecule has 0 spiro atoms. The quantitative estimate of drug-likeness (QED) is 0.398. The highest BCUT2D eigenvalue weighted by Gasteiger charge is 2.71. The molecule has 2 N–H and O–H groups in total. The van der Waals surface area contributed by atoms with Gasteiger partial charge in [-0.25, -0.2) is 8.42 Å². The van der Waals surface area contributed by atoms with Crippen molar-refractivity contribution in [2.75, 3.05) is 6.54 Å². The van der Waals surface area contributed by atoms with Gasteiger partial charge >= 0.3 is 12.4 Å². The molecule has 180 valence electrons. The molecule has 0 unspecified atom stereocenters. The van der Waals surface area contributed by atoms with E-state index >= 15 is 0 Å². The molecule has 0 aromatic heterocycles. The van der Waals surface area contributed by atoms with Crippen LogP contribution in [0.1, 0.15) is 29.5 Å². The highest BCUT2D eigenvalue weighted by Crippen LogP contribution is 2.53. The number of alkyl halides is 6. The molecule has 4 nitrogen and oxygen atoms in total. The molecule has 0 amide bonds. The number of aliphatic hydroxyl groups is 1. The lowest BCUT2D eigenvalue weighted by atomic mass is 9.77. The fraction of sp³-hybridized carbons (Fsp3) is 0.429. The second-order valence-electron chi connectivity index (χ2n) is 8.22. The summed E-state index contributed by atoms with van der Waals surface area (Å²) in [5.41, 5.74) is -6.24. The van der Waals surface area contributed by atoms with Crippen LogP contribution in [-0.4, -0.2) is 38.5 Å². The standard InChI is InChI=1S/C21H18F6INO3S/c22-20(23,24)19(30,21(25,26)27)13-2-7-16-12(11-13)1-8-17-18(16,9-10-29-17)33(31,32)15-5-3-14(28)4-6-15/h2-7,11,17,29-30H,1,8-10H2/t17-,18-/m1/s1. The summed E-state index contributed by atoms with van der Waals surface area (Å²) < 4.78 is 107. The van der Waals surface area contributed by atoms with E-state index in [2.05, 4.69) is 5.32 Å². The Balaban J connectivity index is 1.92. The van der Waals surface area contributed by atoms with Crippen LogP contribution in [0, 0.1) is 3.57 Å². The molecular weight excluding hydrogens is 587 g/mol. The normalized spacial score (nSPS) is 23.8. The van der Waals surface area contributed by atoms with Crippen LogP contribution in [0.3, 0.4) is 0 Å². The first-order chi connectivity index (χ1) is 15.2. The zero-order chi connectivity index (χ0) is 24.4. The van der Waals surface area contributed by atoms with Crippen LogP contribution in [0.15, 0.2) is 47.4 Å². The van der Waals surface area contributed by atoms with Crippen molar-refractivity contribution >= 4 is 32.4 Å². The SMILES string of the molecule is O=S(=O)(c1ccc(I)cc1)[C@@]12CCN[C@@H]1CCc1cc(C(O)(C(F)(F)F)C(F)(F)F)ccc12. The predicted molar refractivity (Wildman–Crippen MR) is 115 cm³/mol. The molecule has 1 aliphatic carbocycles. The Hall–Kier alpha value is -1.38. The molecule has 1 heterocycles. The van der Waals surface area contributed by atoms with Gasteiger partial charge in [-0.3, -0.25) is 0 Å². The van der Waals surface area contributed by atoms with Crippen molar-refractivity contribution < 1.29 is 39.9 Å². The fourth-order valence-corrected chi connectivity index (χ4v) is 7.66. The van der Waals surface area contributed by atoms with Crippen LogP contribution >= 0.6 is 22.6 Å². The molecule has 0 bridgehead atoms. The van der Waals surface area contributed by atoms with Crippen molar-refractivity contribution in [2.45, 2.75) is 52.9 Å². The average Bonchev–Trinajstić information content (AvgIpc) is 3.17. The Morgan fingerprint density at radius 2 is 1.61 bits per heavy atom. The Morgan fingerprint density at radius 3 is 2.18 bits per heavy atom. The lowest BCUT2D eigenvalue weighted by molar-refractivity contribution is -0.376. The minimum absolute atomic E-state index is 0.0237. The van der Waals surface area contributed by atoms with Crippen LogP contribution in [0.4, 0.5) is 26.3 Å². The number of sulfone groups is 1. The maximum absolute atomic E-state index is 13.8. The summed E-state index contributed by atoms with van der Waals surface area (Å²) in [6, 6.07) is 7.73. The van der Waals surface area contributed by atoms with E-state index in [4.69, 9.17) is 0 Å². The highest BCUT2D eigenvalue weighted by molar-refractivity contribution is 14.1. The lowest BCUT2D eigenvalue weighted by Crippen LogP contribution is -2.54. The molecule has 1 aliphatic heterocycles. The number of aryl methyl sites for hydroxylation is 1. The van der Waals surface area contributed by atoms with Gasteiger partial charge in [-0.05, 0) is 83.8 Å². The van der Waals surface area contributed by atoms with Gasteiger partial charge < -0.3 is 10.4 Å². The first-order valence-electron chi connectivity index (χ1n) is 9.89. The first kappa shape index (κ1) is 24.7. The van der Waals surface area contributed by atoms with Gasteiger partial charge in [-0.1, -0.05) is 18.2 Å². The fourth-order valence-electron chi connectivity index (χ4n) is 4.95. The van der Waals surface area contributed by atoms with Crippen LogP contribution in [0.25, 0.3) is 0 Å². The van der Waals surface area contributed by atoms with E-state index in [1.807, 2.05) is 22.6 Å². The minimum atomic E-state index is -6.02. The third kappa shape index (κ3) is 3.50. The molecular formula is C21H18F6INO3S. The van der Waals surface area contributed by atoms with Gasteiger partial charge in [0.15, 0.2) is 9.84 Å². The third-order valence-electron chi connectivity index (χ3n) is 6.56. The summed E-state index contributed by atoms with van der Waals surface area (Å²) in [7, 11) is -4.07. The van der Waals surface area contributed by atoms with Gasteiger partial charge in [0.1, 0.15) is 4.75 Å². The number of hydrogen-bond donors (Lipinski definition) is 2. The zero-order valence-electron chi connectivity index (χ0n) is 16.8. The molecule has 1 fully saturated rings. The van der Waals surface area contributed by atoms with Crippen molar-refractivity contribution in [3.63, 3.8) is 0 Å². The van der Waals surface area contributed by atoms with Crippen LogP contribution in [-0.2, 0) is 26.6 Å². The van der Waals surface area contributed by atoms with E-state index in [9.17, 15) is 39.9 Å². The summed E-state index contributed by atoms with van der Waals surface area (Å²) in [4.78, 5) is 0.0237. The van der Waals surface area contributed by atoms with Gasteiger partial charge in [0.2, 0.25) is 0 Å². The van der Waals surface area contributed by atoms with E-state index in [0.29, 0.717) is 18.7 Å². The second-order valence-corrected chi connectivity index (χ2v) is 11.7. The lowest BCUT2D eigenvalue weighted by Gasteiger charge is -2.41. The van der Waals surface area contributed by atoms with Crippen LogP contribution < -0.4 is 5.32 Å². The van der Waals surface area contributed by atoms with Crippen molar-refractivity contribution in [2.24, 2.45) is 0 Å². The Labute approximate surface area is 199 Å². The van der Waals surface area contributed by atoms with E-state index in [1.165, 1.54) is 12.1 Å². The van der Waals surface area contributed by atoms with Gasteiger partial charge in [0.25, 0.3) is 5.60 Å². The summed E-state index contributed by atoms with van der Waals surface area (Å²) in [6.07, 6.45) is -11.7. The third-order valence-corrected chi connectivity index (χ3v) is 9.83. The summed E-state index contributed by atoms with van der Waals surface area (Å²) >= 11 is 2.02. The maximum Gasteiger partial charge on any atom is 0.430 e. The smallest absolute Gasteiger partial charge is 0.369 e. The van der Waals surface area contributed by atoms with Gasteiger partial charge in [0, 0.05) is 15.2 Å². The number of fused-ring (bicyclic) bond motifs is 3. The van der Waals surface area contributed by atoms with E-state index < -0.39 is 44.1 Å². The van der Waals surface area contributed by atoms with E-state index in [0.717, 1.165) is 9.64 Å². The topological polar surface area (TPSA) is 66.4 Å². The predicted octanol–water partition coefficient (Wildman–Crippen LogP) is 4.58. The van der Waals surface area contributed by atoms with E-state index in [1.54, 1.807) is 12.1 Å². The number of rotatable bonds is 3. The molecule has 33 heavy (non-hydrogen) atoms. The molecule has 2 aliphatic rings. The summed E-state index contributed by atoms with van der Waals surface area (Å²) in [5.74, 6) is 0. The molecule has 2 aromatic rings. The average molecular weight is 605 g/mol. The van der Waals surface area contributed by atoms with Crippen molar-refractivity contribution in [3.05, 3.63) is 62.7 Å². The molecule has 2 atom stereocenters. The molecule has 4 rings (SSSR count). The van der Waals surface area contributed by atoms with Gasteiger partial charge in [-0.15, -0.1) is 0 Å². The van der Waals surface area contributed by atoms with Crippen LogP contribution in [0.2, 0.25) is 0 Å². The molecule has 2 aromatic carbocycles. The number of halogens is 7. The second kappa shape index (κ2) is 7.82. The molecule has 0 saturated carbocycles. The molecule has 12 heteroatoms. The molecule has 0 radical (unpaired) electrons. The van der Waals surface area contributed by atoms with Gasteiger partial charge in [0.05, 0.1) is 4.90 Å². The summed E-state index contributed by atoms with van der Waals surface area (Å²) in [6.45, 7) is 0.324. The van der Waals surface area contributed by atoms with Crippen LogP contribution in [0.5, 0.6) is 0 Å². The Morgan fingerprint density at radius 1 is 1.00 bits per heavy atom. The molecule has 1 saturated heterocycles. The monoisotopic (exact) mass is 605 g/mol. The zero-order valence-corrected chi connectivity index (χ0v) is 19.7. The minimum Gasteiger partial charge on any atom is -0.369 e. The number of benzene rings is 2. The Bertz CT molecular complexity index is 1170. The van der Waals surface area contributed by atoms with E-state index in [-0.39, 0.29) is 35.3 Å². The van der Waals surface area contributed by atoms with Crippen molar-refractivity contribution in [1.82, 2.24) is 5.32 Å². The number of hydrogen-bond acceptors (Lipinski definition) is 4. The Kier molecular flexibility index (Phi) is 5.86. The van der Waals surface area contributed by atoms with Crippen molar-refractivity contribution in [1.29, 1.82) is 0 Å². The highest BCUT2D eigenvalue weighted by atomic mass is 127. The summed E-state index contributed by atoms with van der Waals surface area (Å²) in [5, 5.41) is 12.9. The van der Waals surface area contributed by atoms with Gasteiger partial charge in [-0.2, -0.15) is 26.3 Å². The van der Waals surface area contributed by atoms with Crippen molar-refractivity contribution in [3.8, 4) is 0 Å². The maximum atomic E-state index is 13.8. The number of nitrogens with one attached hydrogen (secondary N) is 1. The largest absolute Gasteiger partial charge is 0.430 e. The first-order valence-corrected chi connectivity index (χ1v) is 12.5.